The SMILES string of the molecule is COc1cc(-c2c[nH]c3ncc(-c4ccc(F)c(NC(=O)/C=C/CN(C)C)c4)cc23)ccn1. The van der Waals surface area contributed by atoms with Gasteiger partial charge in [0.25, 0.3) is 0 Å². The lowest BCUT2D eigenvalue weighted by molar-refractivity contribution is -0.111. The summed E-state index contributed by atoms with van der Waals surface area (Å²) >= 11 is 0. The highest BCUT2D eigenvalue weighted by atomic mass is 19.1. The van der Waals surface area contributed by atoms with Crippen molar-refractivity contribution >= 4 is 22.6 Å². The van der Waals surface area contributed by atoms with Crippen LogP contribution in [0.25, 0.3) is 33.3 Å². The smallest absolute Gasteiger partial charge is 0.248 e. The van der Waals surface area contributed by atoms with Gasteiger partial charge >= 0.3 is 0 Å². The number of hydrogen-bond acceptors (Lipinski definition) is 5. The Kier molecular flexibility index (Phi) is 6.46. The minimum absolute atomic E-state index is 0.111. The number of pyridine rings is 2. The van der Waals surface area contributed by atoms with Crippen molar-refractivity contribution in [3.05, 3.63) is 73.0 Å². The Balaban J connectivity index is 1.66. The number of anilines is 1. The first-order chi connectivity index (χ1) is 15.9. The fraction of sp³-hybridized carbons (Fsp3) is 0.160. The fourth-order valence-electron chi connectivity index (χ4n) is 3.43. The lowest BCUT2D eigenvalue weighted by Gasteiger charge is -2.09. The maximum atomic E-state index is 14.4. The van der Waals surface area contributed by atoms with E-state index in [9.17, 15) is 9.18 Å². The van der Waals surface area contributed by atoms with Crippen LogP contribution in [0.3, 0.4) is 0 Å². The van der Waals surface area contributed by atoms with Crippen LogP contribution in [-0.4, -0.2) is 53.5 Å². The summed E-state index contributed by atoms with van der Waals surface area (Å²) in [5.41, 5.74) is 4.25. The summed E-state index contributed by atoms with van der Waals surface area (Å²) in [7, 11) is 5.37. The molecule has 4 rings (SSSR count). The maximum Gasteiger partial charge on any atom is 0.248 e. The topological polar surface area (TPSA) is 83.1 Å². The van der Waals surface area contributed by atoms with Crippen LogP contribution >= 0.6 is 0 Å². The second-order valence-corrected chi connectivity index (χ2v) is 7.76. The molecule has 0 saturated carbocycles. The molecule has 1 amide bonds. The summed E-state index contributed by atoms with van der Waals surface area (Å²) < 4.78 is 19.6. The van der Waals surface area contributed by atoms with E-state index in [1.807, 2.05) is 43.4 Å². The van der Waals surface area contributed by atoms with Crippen LogP contribution in [0.5, 0.6) is 5.88 Å². The number of aromatic amines is 1. The number of carbonyl (C=O) groups is 1. The monoisotopic (exact) mass is 445 g/mol. The van der Waals surface area contributed by atoms with Crippen molar-refractivity contribution < 1.29 is 13.9 Å². The minimum atomic E-state index is -0.506. The largest absolute Gasteiger partial charge is 0.481 e. The third-order valence-electron chi connectivity index (χ3n) is 5.08. The lowest BCUT2D eigenvalue weighted by Crippen LogP contribution is -2.13. The van der Waals surface area contributed by atoms with Gasteiger partial charge in [-0.15, -0.1) is 0 Å². The van der Waals surface area contributed by atoms with Gasteiger partial charge in [0.1, 0.15) is 11.5 Å². The Morgan fingerprint density at radius 1 is 1.15 bits per heavy atom. The Morgan fingerprint density at radius 3 is 2.79 bits per heavy atom. The van der Waals surface area contributed by atoms with Crippen molar-refractivity contribution in [1.29, 1.82) is 0 Å². The number of H-pyrrole nitrogens is 1. The Hall–Kier alpha value is -4.04. The van der Waals surface area contributed by atoms with E-state index in [2.05, 4.69) is 20.3 Å². The number of hydrogen-bond donors (Lipinski definition) is 2. The van der Waals surface area contributed by atoms with Crippen LogP contribution in [0.2, 0.25) is 0 Å². The molecule has 0 aliphatic rings. The van der Waals surface area contributed by atoms with E-state index in [-0.39, 0.29) is 11.6 Å². The van der Waals surface area contributed by atoms with Gasteiger partial charge in [-0.3, -0.25) is 4.79 Å². The summed E-state index contributed by atoms with van der Waals surface area (Å²) in [4.78, 5) is 25.9. The number of methoxy groups -OCH3 is 1. The van der Waals surface area contributed by atoms with E-state index in [1.54, 1.807) is 37.7 Å². The first-order valence-corrected chi connectivity index (χ1v) is 10.3. The molecule has 0 unspecified atom stereocenters. The average molecular weight is 445 g/mol. The number of rotatable bonds is 7. The summed E-state index contributed by atoms with van der Waals surface area (Å²) in [6, 6.07) is 10.3. The number of benzene rings is 1. The Bertz CT molecular complexity index is 1330. The minimum Gasteiger partial charge on any atom is -0.481 e. The van der Waals surface area contributed by atoms with E-state index in [1.165, 1.54) is 12.1 Å². The van der Waals surface area contributed by atoms with Crippen LogP contribution in [0.4, 0.5) is 10.1 Å². The van der Waals surface area contributed by atoms with E-state index in [0.29, 0.717) is 12.4 Å². The van der Waals surface area contributed by atoms with Crippen LogP contribution in [0, 0.1) is 5.82 Å². The molecule has 0 aliphatic carbocycles. The molecule has 2 N–H and O–H groups in total. The number of carbonyl (C=O) groups excluding carboxylic acids is 1. The molecular weight excluding hydrogens is 421 g/mol. The second-order valence-electron chi connectivity index (χ2n) is 7.76. The van der Waals surface area contributed by atoms with E-state index in [4.69, 9.17) is 4.74 Å². The van der Waals surface area contributed by atoms with Gasteiger partial charge < -0.3 is 19.9 Å². The molecule has 0 saturated heterocycles. The number of nitrogens with one attached hydrogen (secondary N) is 2. The van der Waals surface area contributed by atoms with Crippen LogP contribution in [-0.2, 0) is 4.79 Å². The predicted molar refractivity (Wildman–Crippen MR) is 128 cm³/mol. The molecule has 3 heterocycles. The van der Waals surface area contributed by atoms with Gasteiger partial charge in [-0.2, -0.15) is 0 Å². The number of amides is 1. The Labute approximate surface area is 190 Å². The normalized spacial score (nSPS) is 11.4. The van der Waals surface area contributed by atoms with E-state index >= 15 is 0 Å². The zero-order chi connectivity index (χ0) is 23.4. The van der Waals surface area contributed by atoms with Gasteiger partial charge in [0.05, 0.1) is 12.8 Å². The number of likely N-dealkylation sites (N-methyl/N-ethyl adjacent to an activating group) is 1. The first kappa shape index (κ1) is 22.2. The van der Waals surface area contributed by atoms with Gasteiger partial charge in [-0.25, -0.2) is 14.4 Å². The molecule has 0 aliphatic heterocycles. The van der Waals surface area contributed by atoms with Crippen molar-refractivity contribution in [3.63, 3.8) is 0 Å². The molecule has 0 spiro atoms. The molecule has 0 bridgehead atoms. The molecular formula is C25H24FN5O2. The van der Waals surface area contributed by atoms with Crippen LogP contribution in [0.1, 0.15) is 0 Å². The van der Waals surface area contributed by atoms with Crippen molar-refractivity contribution in [2.75, 3.05) is 33.1 Å². The van der Waals surface area contributed by atoms with Crippen molar-refractivity contribution in [2.24, 2.45) is 0 Å². The lowest BCUT2D eigenvalue weighted by atomic mass is 10.0. The molecule has 0 fully saturated rings. The zero-order valence-corrected chi connectivity index (χ0v) is 18.6. The Morgan fingerprint density at radius 2 is 2.00 bits per heavy atom. The molecule has 33 heavy (non-hydrogen) atoms. The number of nitrogens with zero attached hydrogens (tertiary/aromatic N) is 3. The number of fused-ring (bicyclic) bond motifs is 1. The van der Waals surface area contributed by atoms with Crippen LogP contribution < -0.4 is 10.1 Å². The fourth-order valence-corrected chi connectivity index (χ4v) is 3.43. The van der Waals surface area contributed by atoms with Gasteiger partial charge in [0.2, 0.25) is 11.8 Å². The van der Waals surface area contributed by atoms with Crippen molar-refractivity contribution in [1.82, 2.24) is 19.9 Å². The molecule has 1 aromatic carbocycles. The summed E-state index contributed by atoms with van der Waals surface area (Å²) in [5.74, 6) is -0.376. The molecule has 8 heteroatoms. The average Bonchev–Trinajstić information content (AvgIpc) is 3.23. The maximum absolute atomic E-state index is 14.4. The number of halogens is 1. The van der Waals surface area contributed by atoms with E-state index in [0.717, 1.165) is 33.3 Å². The van der Waals surface area contributed by atoms with E-state index < -0.39 is 5.82 Å². The molecule has 0 radical (unpaired) electrons. The molecule has 0 atom stereocenters. The summed E-state index contributed by atoms with van der Waals surface area (Å²) in [6.07, 6.45) is 8.40. The highest BCUT2D eigenvalue weighted by Gasteiger charge is 2.12. The molecule has 168 valence electrons. The molecule has 7 nitrogen and oxygen atoms in total. The third-order valence-corrected chi connectivity index (χ3v) is 5.08. The third kappa shape index (κ3) is 5.07. The first-order valence-electron chi connectivity index (χ1n) is 10.3. The number of aromatic nitrogens is 3. The predicted octanol–water partition coefficient (Wildman–Crippen LogP) is 4.50. The zero-order valence-electron chi connectivity index (χ0n) is 18.6. The van der Waals surface area contributed by atoms with Gasteiger partial charge in [-0.1, -0.05) is 12.1 Å². The standard InChI is InChI=1S/C25H24FN5O2/c1-31(2)10-4-5-23(32)30-22-12-16(6-7-21(22)26)18-11-19-20(15-29-25(19)28-14-18)17-8-9-27-24(13-17)33-3/h4-9,11-15H,10H2,1-3H3,(H,28,29)(H,30,32)/b5-4+. The molecule has 3 aromatic heterocycles. The summed E-state index contributed by atoms with van der Waals surface area (Å²) in [6.45, 7) is 0.615. The van der Waals surface area contributed by atoms with Gasteiger partial charge in [0, 0.05) is 53.8 Å². The quantitative estimate of drug-likeness (QED) is 0.410. The summed E-state index contributed by atoms with van der Waals surface area (Å²) in [5, 5.41) is 3.51. The van der Waals surface area contributed by atoms with Gasteiger partial charge in [-0.05, 0) is 49.5 Å². The van der Waals surface area contributed by atoms with Crippen molar-refractivity contribution in [2.45, 2.75) is 0 Å². The molecule has 4 aromatic rings. The van der Waals surface area contributed by atoms with Crippen molar-refractivity contribution in [3.8, 4) is 28.1 Å². The van der Waals surface area contributed by atoms with Crippen LogP contribution in [0.15, 0.2) is 67.1 Å². The van der Waals surface area contributed by atoms with Gasteiger partial charge in [0.15, 0.2) is 0 Å². The number of ether oxygens (including phenoxy) is 1. The highest BCUT2D eigenvalue weighted by Crippen LogP contribution is 2.33. The highest BCUT2D eigenvalue weighted by molar-refractivity contribution is 6.00. The second kappa shape index (κ2) is 9.62.